The van der Waals surface area contributed by atoms with Crippen molar-refractivity contribution < 1.29 is 9.53 Å². The Morgan fingerprint density at radius 1 is 1.53 bits per heavy atom. The smallest absolute Gasteiger partial charge is 0.226 e. The molecule has 0 aromatic carbocycles. The van der Waals surface area contributed by atoms with E-state index in [1.807, 2.05) is 4.90 Å². The predicted molar refractivity (Wildman–Crippen MR) is 57.5 cm³/mol. The standard InChI is InChI=1S/C11H20N2O2/c1-8-7-15-4-3-13(8)11(14)9(2)10-5-12-6-10/h8-10,12H,3-7H2,1-2H3. The molecule has 2 aliphatic rings. The summed E-state index contributed by atoms with van der Waals surface area (Å²) in [5.74, 6) is 0.997. The lowest BCUT2D eigenvalue weighted by atomic mass is 9.87. The van der Waals surface area contributed by atoms with Crippen LogP contribution in [0.1, 0.15) is 13.8 Å². The monoisotopic (exact) mass is 212 g/mol. The highest BCUT2D eigenvalue weighted by atomic mass is 16.5. The summed E-state index contributed by atoms with van der Waals surface area (Å²) in [6.07, 6.45) is 0. The number of hydrogen-bond donors (Lipinski definition) is 1. The molecule has 4 heteroatoms. The molecule has 2 atom stereocenters. The van der Waals surface area contributed by atoms with Crippen molar-refractivity contribution in [2.75, 3.05) is 32.8 Å². The van der Waals surface area contributed by atoms with E-state index in [9.17, 15) is 4.79 Å². The van der Waals surface area contributed by atoms with Crippen molar-refractivity contribution in [1.29, 1.82) is 0 Å². The van der Waals surface area contributed by atoms with Crippen LogP contribution in [0.5, 0.6) is 0 Å². The van der Waals surface area contributed by atoms with Crippen LogP contribution >= 0.6 is 0 Å². The first-order valence-corrected chi connectivity index (χ1v) is 5.79. The second-order valence-electron chi connectivity index (χ2n) is 4.66. The summed E-state index contributed by atoms with van der Waals surface area (Å²) in [5, 5.41) is 3.22. The summed E-state index contributed by atoms with van der Waals surface area (Å²) < 4.78 is 5.34. The van der Waals surface area contributed by atoms with Gasteiger partial charge in [0.05, 0.1) is 19.3 Å². The molecule has 0 aliphatic carbocycles. The fourth-order valence-corrected chi connectivity index (χ4v) is 2.18. The number of hydrogen-bond acceptors (Lipinski definition) is 3. The average Bonchev–Trinajstić information content (AvgIpc) is 2.15. The van der Waals surface area contributed by atoms with Crippen molar-refractivity contribution >= 4 is 5.91 Å². The molecule has 0 aromatic rings. The van der Waals surface area contributed by atoms with E-state index >= 15 is 0 Å². The Kier molecular flexibility index (Phi) is 3.26. The first-order chi connectivity index (χ1) is 7.20. The van der Waals surface area contributed by atoms with Crippen LogP contribution < -0.4 is 5.32 Å². The predicted octanol–water partition coefficient (Wildman–Crippen LogP) is 0.0892. The molecule has 0 spiro atoms. The number of carbonyl (C=O) groups is 1. The van der Waals surface area contributed by atoms with Crippen molar-refractivity contribution in [3.05, 3.63) is 0 Å². The lowest BCUT2D eigenvalue weighted by molar-refractivity contribution is -0.145. The summed E-state index contributed by atoms with van der Waals surface area (Å²) >= 11 is 0. The van der Waals surface area contributed by atoms with Gasteiger partial charge in [0.25, 0.3) is 0 Å². The molecule has 2 heterocycles. The van der Waals surface area contributed by atoms with Crippen LogP contribution in [0, 0.1) is 11.8 Å². The maximum atomic E-state index is 12.2. The molecule has 0 saturated carbocycles. The fourth-order valence-electron chi connectivity index (χ4n) is 2.18. The third-order valence-electron chi connectivity index (χ3n) is 3.56. The summed E-state index contributed by atoms with van der Waals surface area (Å²) in [7, 11) is 0. The van der Waals surface area contributed by atoms with E-state index in [-0.39, 0.29) is 12.0 Å². The van der Waals surface area contributed by atoms with Crippen LogP contribution in [0.2, 0.25) is 0 Å². The maximum Gasteiger partial charge on any atom is 0.226 e. The van der Waals surface area contributed by atoms with Crippen LogP contribution in [-0.4, -0.2) is 49.7 Å². The normalized spacial score (nSPS) is 29.7. The first-order valence-electron chi connectivity index (χ1n) is 5.79. The number of ether oxygens (including phenoxy) is 1. The first kappa shape index (κ1) is 10.9. The molecule has 0 bridgehead atoms. The Labute approximate surface area is 91.0 Å². The van der Waals surface area contributed by atoms with Gasteiger partial charge in [0.15, 0.2) is 0 Å². The minimum Gasteiger partial charge on any atom is -0.377 e. The van der Waals surface area contributed by atoms with Crippen LogP contribution in [0.25, 0.3) is 0 Å². The molecule has 2 unspecified atom stereocenters. The van der Waals surface area contributed by atoms with Crippen molar-refractivity contribution in [2.24, 2.45) is 11.8 Å². The number of nitrogens with zero attached hydrogens (tertiary/aromatic N) is 1. The van der Waals surface area contributed by atoms with Crippen LogP contribution in [-0.2, 0) is 9.53 Å². The van der Waals surface area contributed by atoms with Crippen molar-refractivity contribution in [3.8, 4) is 0 Å². The lowest BCUT2D eigenvalue weighted by Crippen LogP contribution is -2.54. The summed E-state index contributed by atoms with van der Waals surface area (Å²) in [5.41, 5.74) is 0. The summed E-state index contributed by atoms with van der Waals surface area (Å²) in [4.78, 5) is 14.2. The minimum absolute atomic E-state index is 0.159. The van der Waals surface area contributed by atoms with E-state index in [0.717, 1.165) is 19.6 Å². The Morgan fingerprint density at radius 2 is 2.27 bits per heavy atom. The molecule has 1 N–H and O–H groups in total. The molecule has 4 nitrogen and oxygen atoms in total. The Balaban J connectivity index is 1.92. The molecule has 2 aliphatic heterocycles. The fraction of sp³-hybridized carbons (Fsp3) is 0.909. The van der Waals surface area contributed by atoms with Gasteiger partial charge in [0, 0.05) is 12.5 Å². The zero-order valence-electron chi connectivity index (χ0n) is 9.53. The second-order valence-corrected chi connectivity index (χ2v) is 4.66. The Morgan fingerprint density at radius 3 is 2.80 bits per heavy atom. The Bertz CT molecular complexity index is 241. The number of morpholine rings is 1. The van der Waals surface area contributed by atoms with Gasteiger partial charge in [-0.3, -0.25) is 4.79 Å². The van der Waals surface area contributed by atoms with Gasteiger partial charge in [-0.05, 0) is 25.9 Å². The van der Waals surface area contributed by atoms with E-state index in [1.54, 1.807) is 0 Å². The van der Waals surface area contributed by atoms with Crippen LogP contribution in [0.4, 0.5) is 0 Å². The molecule has 2 fully saturated rings. The SMILES string of the molecule is CC(C(=O)N1CCOCC1C)C1CNC1. The van der Waals surface area contributed by atoms with Gasteiger partial charge in [-0.15, -0.1) is 0 Å². The van der Waals surface area contributed by atoms with Crippen molar-refractivity contribution in [2.45, 2.75) is 19.9 Å². The molecule has 0 radical (unpaired) electrons. The zero-order chi connectivity index (χ0) is 10.8. The molecule has 0 aromatic heterocycles. The van der Waals surface area contributed by atoms with Crippen LogP contribution in [0.15, 0.2) is 0 Å². The van der Waals surface area contributed by atoms with E-state index in [2.05, 4.69) is 19.2 Å². The third kappa shape index (κ3) is 2.16. The van der Waals surface area contributed by atoms with Gasteiger partial charge < -0.3 is 15.0 Å². The number of carbonyl (C=O) groups excluding carboxylic acids is 1. The number of amides is 1. The number of rotatable bonds is 2. The third-order valence-corrected chi connectivity index (χ3v) is 3.56. The average molecular weight is 212 g/mol. The van der Waals surface area contributed by atoms with Gasteiger partial charge in [-0.1, -0.05) is 6.92 Å². The molecule has 2 rings (SSSR count). The van der Waals surface area contributed by atoms with Crippen molar-refractivity contribution in [1.82, 2.24) is 10.2 Å². The maximum absolute atomic E-state index is 12.2. The van der Waals surface area contributed by atoms with E-state index < -0.39 is 0 Å². The number of nitrogens with one attached hydrogen (secondary N) is 1. The largest absolute Gasteiger partial charge is 0.377 e. The highest BCUT2D eigenvalue weighted by Gasteiger charge is 2.34. The summed E-state index contributed by atoms with van der Waals surface area (Å²) in [6.45, 7) is 8.22. The van der Waals surface area contributed by atoms with Gasteiger partial charge in [-0.2, -0.15) is 0 Å². The zero-order valence-corrected chi connectivity index (χ0v) is 9.53. The van der Waals surface area contributed by atoms with E-state index in [1.165, 1.54) is 0 Å². The molecular formula is C11H20N2O2. The van der Waals surface area contributed by atoms with Gasteiger partial charge >= 0.3 is 0 Å². The van der Waals surface area contributed by atoms with E-state index in [4.69, 9.17) is 4.74 Å². The highest BCUT2D eigenvalue weighted by molar-refractivity contribution is 5.79. The van der Waals surface area contributed by atoms with Crippen LogP contribution in [0.3, 0.4) is 0 Å². The highest BCUT2D eigenvalue weighted by Crippen LogP contribution is 2.20. The van der Waals surface area contributed by atoms with Gasteiger partial charge in [-0.25, -0.2) is 0 Å². The molecule has 86 valence electrons. The molecule has 1 amide bonds. The molecule has 15 heavy (non-hydrogen) atoms. The topological polar surface area (TPSA) is 41.6 Å². The minimum atomic E-state index is 0.159. The van der Waals surface area contributed by atoms with Gasteiger partial charge in [0.2, 0.25) is 5.91 Å². The Hall–Kier alpha value is -0.610. The lowest BCUT2D eigenvalue weighted by Gasteiger charge is -2.39. The molecular weight excluding hydrogens is 192 g/mol. The quantitative estimate of drug-likeness (QED) is 0.705. The van der Waals surface area contributed by atoms with Crippen molar-refractivity contribution in [3.63, 3.8) is 0 Å². The molecule has 2 saturated heterocycles. The van der Waals surface area contributed by atoms with E-state index in [0.29, 0.717) is 25.0 Å². The second kappa shape index (κ2) is 4.49. The van der Waals surface area contributed by atoms with Gasteiger partial charge in [0.1, 0.15) is 0 Å². The summed E-state index contributed by atoms with van der Waals surface area (Å²) in [6, 6.07) is 0.238.